The summed E-state index contributed by atoms with van der Waals surface area (Å²) in [5, 5.41) is 3.47. The molecular weight excluding hydrogens is 252 g/mol. The van der Waals surface area contributed by atoms with Crippen molar-refractivity contribution in [1.29, 1.82) is 0 Å². The number of hydrogen-bond donors (Lipinski definition) is 1. The van der Waals surface area contributed by atoms with Gasteiger partial charge in [-0.15, -0.1) is 0 Å². The highest BCUT2D eigenvalue weighted by molar-refractivity contribution is 5.78. The Labute approximate surface area is 121 Å². The molecule has 1 aliphatic rings. The molecule has 1 N–H and O–H groups in total. The van der Waals surface area contributed by atoms with E-state index in [0.29, 0.717) is 19.1 Å². The van der Waals surface area contributed by atoms with Crippen molar-refractivity contribution in [1.82, 2.24) is 10.2 Å². The SMILES string of the molecule is CCOc1cccc(CNC(C)CN2CCCC2=O)c1. The maximum atomic E-state index is 11.6. The van der Waals surface area contributed by atoms with Gasteiger partial charge in [0.2, 0.25) is 5.91 Å². The van der Waals surface area contributed by atoms with Crippen LogP contribution in [0.4, 0.5) is 0 Å². The van der Waals surface area contributed by atoms with Crippen molar-refractivity contribution in [2.45, 2.75) is 39.3 Å². The second-order valence-electron chi connectivity index (χ2n) is 5.31. The lowest BCUT2D eigenvalue weighted by molar-refractivity contribution is -0.127. The molecule has 0 aromatic heterocycles. The zero-order valence-corrected chi connectivity index (χ0v) is 12.4. The summed E-state index contributed by atoms with van der Waals surface area (Å²) < 4.78 is 5.49. The number of amides is 1. The number of likely N-dealkylation sites (tertiary alicyclic amines) is 1. The Morgan fingerprint density at radius 2 is 2.30 bits per heavy atom. The van der Waals surface area contributed by atoms with Crippen molar-refractivity contribution in [2.24, 2.45) is 0 Å². The van der Waals surface area contributed by atoms with E-state index in [1.54, 1.807) is 0 Å². The van der Waals surface area contributed by atoms with Crippen LogP contribution in [0.25, 0.3) is 0 Å². The minimum absolute atomic E-state index is 0.289. The van der Waals surface area contributed by atoms with E-state index >= 15 is 0 Å². The molecule has 1 amide bonds. The Kier molecular flexibility index (Phi) is 5.41. The van der Waals surface area contributed by atoms with Crippen molar-refractivity contribution in [3.8, 4) is 5.75 Å². The third-order valence-electron chi connectivity index (χ3n) is 3.53. The zero-order chi connectivity index (χ0) is 14.4. The number of carbonyl (C=O) groups excluding carboxylic acids is 1. The highest BCUT2D eigenvalue weighted by Gasteiger charge is 2.21. The monoisotopic (exact) mass is 276 g/mol. The Morgan fingerprint density at radius 3 is 3.00 bits per heavy atom. The van der Waals surface area contributed by atoms with Gasteiger partial charge >= 0.3 is 0 Å². The molecule has 1 unspecified atom stereocenters. The zero-order valence-electron chi connectivity index (χ0n) is 12.4. The Morgan fingerprint density at radius 1 is 1.45 bits per heavy atom. The van der Waals surface area contributed by atoms with E-state index in [1.807, 2.05) is 24.0 Å². The maximum absolute atomic E-state index is 11.6. The van der Waals surface area contributed by atoms with Gasteiger partial charge in [-0.25, -0.2) is 0 Å². The molecule has 110 valence electrons. The van der Waals surface area contributed by atoms with Gasteiger partial charge in [-0.2, -0.15) is 0 Å². The van der Waals surface area contributed by atoms with Gasteiger partial charge < -0.3 is 15.0 Å². The van der Waals surface area contributed by atoms with E-state index in [1.165, 1.54) is 5.56 Å². The Hall–Kier alpha value is -1.55. The topological polar surface area (TPSA) is 41.6 Å². The molecule has 20 heavy (non-hydrogen) atoms. The van der Waals surface area contributed by atoms with Gasteiger partial charge in [0.1, 0.15) is 5.75 Å². The third kappa shape index (κ3) is 4.23. The summed E-state index contributed by atoms with van der Waals surface area (Å²) >= 11 is 0. The molecule has 0 aliphatic carbocycles. The molecule has 0 saturated carbocycles. The van der Waals surface area contributed by atoms with Crippen molar-refractivity contribution in [3.05, 3.63) is 29.8 Å². The maximum Gasteiger partial charge on any atom is 0.222 e. The first-order chi connectivity index (χ1) is 9.69. The van der Waals surface area contributed by atoms with Gasteiger partial charge in [-0.1, -0.05) is 12.1 Å². The van der Waals surface area contributed by atoms with E-state index in [2.05, 4.69) is 24.4 Å². The molecule has 1 heterocycles. The molecule has 0 spiro atoms. The van der Waals surface area contributed by atoms with Crippen molar-refractivity contribution >= 4 is 5.91 Å². The average molecular weight is 276 g/mol. The minimum Gasteiger partial charge on any atom is -0.494 e. The average Bonchev–Trinajstić information content (AvgIpc) is 2.83. The largest absolute Gasteiger partial charge is 0.494 e. The van der Waals surface area contributed by atoms with E-state index < -0.39 is 0 Å². The lowest BCUT2D eigenvalue weighted by Gasteiger charge is -2.21. The first-order valence-corrected chi connectivity index (χ1v) is 7.42. The Balaban J connectivity index is 1.79. The van der Waals surface area contributed by atoms with Crippen molar-refractivity contribution < 1.29 is 9.53 Å². The molecule has 0 bridgehead atoms. The fraction of sp³-hybridized carbons (Fsp3) is 0.562. The number of nitrogens with zero attached hydrogens (tertiary/aromatic N) is 1. The van der Waals surface area contributed by atoms with Crippen LogP contribution in [-0.2, 0) is 11.3 Å². The van der Waals surface area contributed by atoms with Crippen LogP contribution >= 0.6 is 0 Å². The molecule has 1 fully saturated rings. The first kappa shape index (κ1) is 14.9. The summed E-state index contributed by atoms with van der Waals surface area (Å²) in [4.78, 5) is 13.5. The van der Waals surface area contributed by atoms with Crippen LogP contribution in [0.5, 0.6) is 5.75 Å². The lowest BCUT2D eigenvalue weighted by Crippen LogP contribution is -2.39. The van der Waals surface area contributed by atoms with Crippen LogP contribution in [0.2, 0.25) is 0 Å². The van der Waals surface area contributed by atoms with Crippen molar-refractivity contribution in [3.63, 3.8) is 0 Å². The number of nitrogens with one attached hydrogen (secondary N) is 1. The van der Waals surface area contributed by atoms with Crippen LogP contribution in [0, 0.1) is 0 Å². The summed E-state index contributed by atoms with van der Waals surface area (Å²) in [7, 11) is 0. The van der Waals surface area contributed by atoms with Gasteiger partial charge in [-0.05, 0) is 38.0 Å². The van der Waals surface area contributed by atoms with E-state index in [4.69, 9.17) is 4.74 Å². The molecule has 1 saturated heterocycles. The van der Waals surface area contributed by atoms with E-state index in [0.717, 1.165) is 31.8 Å². The highest BCUT2D eigenvalue weighted by atomic mass is 16.5. The van der Waals surface area contributed by atoms with E-state index in [-0.39, 0.29) is 5.91 Å². The molecule has 1 aliphatic heterocycles. The standard InChI is InChI=1S/C16H24N2O2/c1-3-20-15-7-4-6-14(10-15)11-17-13(2)12-18-9-5-8-16(18)19/h4,6-7,10,13,17H,3,5,8-9,11-12H2,1-2H3. The fourth-order valence-electron chi connectivity index (χ4n) is 2.50. The van der Waals surface area contributed by atoms with Crippen LogP contribution in [0.15, 0.2) is 24.3 Å². The highest BCUT2D eigenvalue weighted by Crippen LogP contribution is 2.14. The molecule has 4 nitrogen and oxygen atoms in total. The summed E-state index contributed by atoms with van der Waals surface area (Å²) in [6, 6.07) is 8.43. The van der Waals surface area contributed by atoms with Gasteiger partial charge in [0.25, 0.3) is 0 Å². The second-order valence-corrected chi connectivity index (χ2v) is 5.31. The number of carbonyl (C=O) groups is 1. The number of rotatable bonds is 7. The van der Waals surface area contributed by atoms with Gasteiger partial charge in [0, 0.05) is 32.1 Å². The summed E-state index contributed by atoms with van der Waals surface area (Å²) in [5.74, 6) is 1.20. The van der Waals surface area contributed by atoms with Crippen LogP contribution in [-0.4, -0.2) is 36.5 Å². The summed E-state index contributed by atoms with van der Waals surface area (Å²) in [6.07, 6.45) is 1.71. The van der Waals surface area contributed by atoms with Gasteiger partial charge in [0.15, 0.2) is 0 Å². The lowest BCUT2D eigenvalue weighted by atomic mass is 10.2. The summed E-state index contributed by atoms with van der Waals surface area (Å²) in [6.45, 7) is 7.29. The third-order valence-corrected chi connectivity index (χ3v) is 3.53. The second kappa shape index (κ2) is 7.29. The number of ether oxygens (including phenoxy) is 1. The van der Waals surface area contributed by atoms with E-state index in [9.17, 15) is 4.79 Å². The first-order valence-electron chi connectivity index (χ1n) is 7.42. The summed E-state index contributed by atoms with van der Waals surface area (Å²) in [5.41, 5.74) is 1.20. The normalized spacial score (nSPS) is 16.5. The van der Waals surface area contributed by atoms with Crippen LogP contribution < -0.4 is 10.1 Å². The predicted octanol–water partition coefficient (Wildman–Crippen LogP) is 2.19. The predicted molar refractivity (Wildman–Crippen MR) is 79.7 cm³/mol. The molecule has 1 aromatic carbocycles. The number of hydrogen-bond acceptors (Lipinski definition) is 3. The van der Waals surface area contributed by atoms with Gasteiger partial charge in [0.05, 0.1) is 6.61 Å². The smallest absolute Gasteiger partial charge is 0.222 e. The molecular formula is C16H24N2O2. The minimum atomic E-state index is 0.289. The molecule has 1 aromatic rings. The molecule has 0 radical (unpaired) electrons. The van der Waals surface area contributed by atoms with Crippen LogP contribution in [0.1, 0.15) is 32.3 Å². The molecule has 1 atom stereocenters. The molecule has 2 rings (SSSR count). The van der Waals surface area contributed by atoms with Crippen LogP contribution in [0.3, 0.4) is 0 Å². The fourth-order valence-corrected chi connectivity index (χ4v) is 2.50. The molecule has 4 heteroatoms. The van der Waals surface area contributed by atoms with Gasteiger partial charge in [-0.3, -0.25) is 4.79 Å². The quantitative estimate of drug-likeness (QED) is 0.830. The van der Waals surface area contributed by atoms with Crippen molar-refractivity contribution in [2.75, 3.05) is 19.7 Å². The number of benzene rings is 1. The Bertz CT molecular complexity index is 448.